The summed E-state index contributed by atoms with van der Waals surface area (Å²) in [6, 6.07) is 6.30. The van der Waals surface area contributed by atoms with Gasteiger partial charge in [-0.15, -0.1) is 0 Å². The Bertz CT molecular complexity index is 328. The molecule has 0 spiro atoms. The van der Waals surface area contributed by atoms with E-state index in [9.17, 15) is 9.50 Å². The van der Waals surface area contributed by atoms with Gasteiger partial charge < -0.3 is 10.8 Å². The van der Waals surface area contributed by atoms with Gasteiger partial charge in [0.2, 0.25) is 0 Å². The Labute approximate surface area is 88.9 Å². The van der Waals surface area contributed by atoms with Crippen molar-refractivity contribution in [2.45, 2.75) is 37.3 Å². The normalized spacial score (nSPS) is 31.5. The van der Waals surface area contributed by atoms with Crippen LogP contribution < -0.4 is 5.73 Å². The molecule has 0 aromatic heterocycles. The zero-order valence-electron chi connectivity index (χ0n) is 8.62. The summed E-state index contributed by atoms with van der Waals surface area (Å²) in [5.74, 6) is -0.269. The summed E-state index contributed by atoms with van der Waals surface area (Å²) >= 11 is 0. The number of nitrogens with two attached hydrogens (primary N) is 1. The van der Waals surface area contributed by atoms with Crippen LogP contribution in [-0.2, 0) is 5.60 Å². The number of hydrogen-bond donors (Lipinski definition) is 2. The highest BCUT2D eigenvalue weighted by Gasteiger charge is 2.33. The summed E-state index contributed by atoms with van der Waals surface area (Å²) < 4.78 is 12.7. The molecule has 1 aromatic carbocycles. The lowest BCUT2D eigenvalue weighted by molar-refractivity contribution is -0.00500. The van der Waals surface area contributed by atoms with Crippen LogP contribution in [-0.4, -0.2) is 11.1 Å². The number of aliphatic hydroxyl groups is 1. The van der Waals surface area contributed by atoms with Crippen LogP contribution in [0.1, 0.15) is 31.2 Å². The first-order valence-corrected chi connectivity index (χ1v) is 5.34. The van der Waals surface area contributed by atoms with Gasteiger partial charge in [0.15, 0.2) is 0 Å². The van der Waals surface area contributed by atoms with Crippen LogP contribution in [0.4, 0.5) is 4.39 Å². The Balaban J connectivity index is 2.18. The van der Waals surface area contributed by atoms with Crippen LogP contribution in [0.25, 0.3) is 0 Å². The molecule has 0 unspecified atom stereocenters. The van der Waals surface area contributed by atoms with Crippen molar-refractivity contribution in [3.8, 4) is 0 Å². The van der Waals surface area contributed by atoms with Crippen molar-refractivity contribution < 1.29 is 9.50 Å². The second-order valence-electron chi connectivity index (χ2n) is 4.38. The predicted octanol–water partition coefficient (Wildman–Crippen LogP) is 1.91. The highest BCUT2D eigenvalue weighted by atomic mass is 19.1. The molecule has 82 valence electrons. The first kappa shape index (κ1) is 10.6. The molecule has 0 radical (unpaired) electrons. The van der Waals surface area contributed by atoms with Crippen LogP contribution >= 0.6 is 0 Å². The second-order valence-corrected chi connectivity index (χ2v) is 4.38. The van der Waals surface area contributed by atoms with E-state index in [1.807, 2.05) is 0 Å². The topological polar surface area (TPSA) is 46.2 Å². The first-order valence-electron chi connectivity index (χ1n) is 5.34. The second kappa shape index (κ2) is 3.91. The summed E-state index contributed by atoms with van der Waals surface area (Å²) in [5, 5.41) is 10.4. The minimum atomic E-state index is -0.802. The maximum Gasteiger partial charge on any atom is 0.123 e. The van der Waals surface area contributed by atoms with Crippen molar-refractivity contribution in [3.05, 3.63) is 35.6 Å². The van der Waals surface area contributed by atoms with E-state index in [0.717, 1.165) is 18.4 Å². The average Bonchev–Trinajstić information content (AvgIpc) is 2.24. The summed E-state index contributed by atoms with van der Waals surface area (Å²) in [6.07, 6.45) is 2.99. The van der Waals surface area contributed by atoms with Crippen LogP contribution in [0, 0.1) is 5.82 Å². The zero-order valence-corrected chi connectivity index (χ0v) is 8.62. The summed E-state index contributed by atoms with van der Waals surface area (Å²) in [7, 11) is 0. The van der Waals surface area contributed by atoms with E-state index >= 15 is 0 Å². The Hall–Kier alpha value is -0.930. The molecule has 1 aliphatic carbocycles. The van der Waals surface area contributed by atoms with Gasteiger partial charge in [-0.1, -0.05) is 12.1 Å². The Morgan fingerprint density at radius 2 is 1.73 bits per heavy atom. The van der Waals surface area contributed by atoms with Crippen molar-refractivity contribution in [1.29, 1.82) is 0 Å². The van der Waals surface area contributed by atoms with Crippen molar-refractivity contribution in [3.63, 3.8) is 0 Å². The minimum absolute atomic E-state index is 0.200. The highest BCUT2D eigenvalue weighted by molar-refractivity contribution is 5.23. The maximum atomic E-state index is 12.7. The maximum absolute atomic E-state index is 12.7. The molecule has 3 N–H and O–H groups in total. The molecule has 1 aromatic rings. The third kappa shape index (κ3) is 2.19. The van der Waals surface area contributed by atoms with Crippen LogP contribution in [0.2, 0.25) is 0 Å². The predicted molar refractivity (Wildman–Crippen MR) is 56.7 cm³/mol. The average molecular weight is 209 g/mol. The summed E-state index contributed by atoms with van der Waals surface area (Å²) in [6.45, 7) is 0. The molecule has 0 bridgehead atoms. The molecule has 0 saturated heterocycles. The highest BCUT2D eigenvalue weighted by Crippen LogP contribution is 2.36. The minimum Gasteiger partial charge on any atom is -0.385 e. The molecular formula is C12H16FNO. The van der Waals surface area contributed by atoms with Gasteiger partial charge in [-0.3, -0.25) is 0 Å². The Morgan fingerprint density at radius 3 is 2.27 bits per heavy atom. The van der Waals surface area contributed by atoms with E-state index in [1.54, 1.807) is 12.1 Å². The van der Waals surface area contributed by atoms with Gasteiger partial charge >= 0.3 is 0 Å². The van der Waals surface area contributed by atoms with Crippen LogP contribution in [0.15, 0.2) is 24.3 Å². The molecule has 1 aliphatic rings. The van der Waals surface area contributed by atoms with Crippen LogP contribution in [0.5, 0.6) is 0 Å². The summed E-state index contributed by atoms with van der Waals surface area (Å²) in [4.78, 5) is 0. The molecule has 3 heteroatoms. The van der Waals surface area contributed by atoms with Crippen molar-refractivity contribution in [1.82, 2.24) is 0 Å². The number of halogens is 1. The molecule has 0 aliphatic heterocycles. The Kier molecular flexibility index (Phi) is 2.76. The lowest BCUT2D eigenvalue weighted by Crippen LogP contribution is -2.36. The monoisotopic (exact) mass is 209 g/mol. The van der Waals surface area contributed by atoms with E-state index in [2.05, 4.69) is 0 Å². The number of benzene rings is 1. The molecule has 1 fully saturated rings. The summed E-state index contributed by atoms with van der Waals surface area (Å²) in [5.41, 5.74) is 5.79. The van der Waals surface area contributed by atoms with Gasteiger partial charge in [0.25, 0.3) is 0 Å². The number of hydrogen-bond acceptors (Lipinski definition) is 2. The SMILES string of the molecule is N[C@H]1CC[C@@](O)(c2ccc(F)cc2)CC1. The molecular weight excluding hydrogens is 193 g/mol. The van der Waals surface area contributed by atoms with Gasteiger partial charge in [-0.2, -0.15) is 0 Å². The molecule has 0 atom stereocenters. The van der Waals surface area contributed by atoms with E-state index in [-0.39, 0.29) is 11.9 Å². The fourth-order valence-corrected chi connectivity index (χ4v) is 2.17. The third-order valence-electron chi connectivity index (χ3n) is 3.24. The molecule has 1 saturated carbocycles. The van der Waals surface area contributed by atoms with E-state index in [4.69, 9.17) is 5.73 Å². The fraction of sp³-hybridized carbons (Fsp3) is 0.500. The van der Waals surface area contributed by atoms with Gasteiger partial charge in [0, 0.05) is 6.04 Å². The van der Waals surface area contributed by atoms with Gasteiger partial charge in [0.1, 0.15) is 5.82 Å². The third-order valence-corrected chi connectivity index (χ3v) is 3.24. The molecule has 0 heterocycles. The molecule has 15 heavy (non-hydrogen) atoms. The van der Waals surface area contributed by atoms with Gasteiger partial charge in [-0.05, 0) is 43.4 Å². The molecule has 0 amide bonds. The standard InChI is InChI=1S/C12H16FNO/c13-10-3-1-9(2-4-10)12(15)7-5-11(14)6-8-12/h1-4,11,15H,5-8,14H2/t11-,12-. The van der Waals surface area contributed by atoms with Gasteiger partial charge in [0.05, 0.1) is 5.60 Å². The molecule has 2 rings (SSSR count). The van der Waals surface area contributed by atoms with E-state index in [1.165, 1.54) is 12.1 Å². The zero-order chi connectivity index (χ0) is 10.9. The van der Waals surface area contributed by atoms with Crippen LogP contribution in [0.3, 0.4) is 0 Å². The Morgan fingerprint density at radius 1 is 1.20 bits per heavy atom. The molecule has 2 nitrogen and oxygen atoms in total. The fourth-order valence-electron chi connectivity index (χ4n) is 2.17. The quantitative estimate of drug-likeness (QED) is 0.742. The van der Waals surface area contributed by atoms with Gasteiger partial charge in [-0.25, -0.2) is 4.39 Å². The number of rotatable bonds is 1. The smallest absolute Gasteiger partial charge is 0.123 e. The van der Waals surface area contributed by atoms with E-state index < -0.39 is 5.60 Å². The van der Waals surface area contributed by atoms with Crippen molar-refractivity contribution in [2.24, 2.45) is 5.73 Å². The van der Waals surface area contributed by atoms with Crippen molar-refractivity contribution in [2.75, 3.05) is 0 Å². The largest absolute Gasteiger partial charge is 0.385 e. The van der Waals surface area contributed by atoms with E-state index in [0.29, 0.717) is 12.8 Å². The van der Waals surface area contributed by atoms with Crippen molar-refractivity contribution >= 4 is 0 Å². The lowest BCUT2D eigenvalue weighted by Gasteiger charge is -2.35. The lowest BCUT2D eigenvalue weighted by atomic mass is 9.78. The first-order chi connectivity index (χ1) is 7.10.